The molecule has 8 heteroatoms. The molecule has 0 N–H and O–H groups in total. The summed E-state index contributed by atoms with van der Waals surface area (Å²) in [4.78, 5) is 7.07. The Balaban J connectivity index is 2.22. The summed E-state index contributed by atoms with van der Waals surface area (Å²) in [5.74, 6) is 0. The molecule has 4 nitrogen and oxygen atoms in total. The fraction of sp³-hybridized carbons (Fsp3) is 0.636. The maximum atomic E-state index is 12.4. The Labute approximate surface area is 109 Å². The lowest BCUT2D eigenvalue weighted by Crippen LogP contribution is -2.41. The minimum absolute atomic E-state index is 0.228. The predicted octanol–water partition coefficient (Wildman–Crippen LogP) is 1.79. The van der Waals surface area contributed by atoms with Gasteiger partial charge >= 0.3 is 13.3 Å². The van der Waals surface area contributed by atoms with Crippen molar-refractivity contribution in [3.8, 4) is 0 Å². The third-order valence-electron chi connectivity index (χ3n) is 3.46. The fourth-order valence-corrected chi connectivity index (χ4v) is 1.57. The van der Waals surface area contributed by atoms with Crippen LogP contribution in [-0.4, -0.2) is 28.3 Å². The van der Waals surface area contributed by atoms with Gasteiger partial charge in [0.1, 0.15) is 0 Å². The molecule has 1 aliphatic rings. The molecule has 0 saturated carbocycles. The molecule has 2 rings (SSSR count). The smallest absolute Gasteiger partial charge is 0.398 e. The lowest BCUT2D eigenvalue weighted by atomic mass is 9.85. The van der Waals surface area contributed by atoms with Crippen LogP contribution in [0.4, 0.5) is 13.2 Å². The van der Waals surface area contributed by atoms with Gasteiger partial charge < -0.3 is 9.31 Å². The largest absolute Gasteiger partial charge is 0.516 e. The van der Waals surface area contributed by atoms with E-state index in [4.69, 9.17) is 9.31 Å². The summed E-state index contributed by atoms with van der Waals surface area (Å²) in [5.41, 5.74) is -1.94. The van der Waals surface area contributed by atoms with Crippen molar-refractivity contribution < 1.29 is 22.5 Å². The minimum Gasteiger partial charge on any atom is -0.398 e. The fourth-order valence-electron chi connectivity index (χ4n) is 1.57. The van der Waals surface area contributed by atoms with Crippen molar-refractivity contribution in [1.82, 2.24) is 9.97 Å². The molecule has 0 spiro atoms. The molecule has 0 unspecified atom stereocenters. The topological polar surface area (TPSA) is 44.2 Å². The molecule has 0 bridgehead atoms. The van der Waals surface area contributed by atoms with Crippen molar-refractivity contribution >= 4 is 12.7 Å². The number of alkyl halides is 3. The van der Waals surface area contributed by atoms with Crippen LogP contribution in [0.1, 0.15) is 33.4 Å². The molecule has 1 aromatic heterocycles. The molecule has 0 amide bonds. The summed E-state index contributed by atoms with van der Waals surface area (Å²) in [7, 11) is -0.806. The Morgan fingerprint density at radius 3 is 1.89 bits per heavy atom. The number of rotatable bonds is 1. The first-order valence-electron chi connectivity index (χ1n) is 5.78. The second-order valence-corrected chi connectivity index (χ2v) is 5.41. The van der Waals surface area contributed by atoms with Crippen LogP contribution < -0.4 is 5.59 Å². The van der Waals surface area contributed by atoms with Gasteiger partial charge in [-0.2, -0.15) is 13.2 Å². The van der Waals surface area contributed by atoms with Crippen molar-refractivity contribution in [2.75, 3.05) is 0 Å². The molecule has 2 heterocycles. The summed E-state index contributed by atoms with van der Waals surface area (Å²) >= 11 is 0. The third kappa shape index (κ3) is 2.60. The first-order valence-corrected chi connectivity index (χ1v) is 5.78. The van der Waals surface area contributed by atoms with Crippen molar-refractivity contribution in [2.24, 2.45) is 0 Å². The zero-order valence-corrected chi connectivity index (χ0v) is 11.1. The summed E-state index contributed by atoms with van der Waals surface area (Å²) in [6, 6.07) is 0. The standard InChI is InChI=1S/C11H14BF3N2O2/c1-9(2)10(3,4)19-12(18-9)8-6-16-7(5-17-8)11(13,14)15/h5-6H,1-4H3. The van der Waals surface area contributed by atoms with Crippen LogP contribution >= 0.6 is 0 Å². The highest BCUT2D eigenvalue weighted by molar-refractivity contribution is 6.61. The molecule has 0 aromatic carbocycles. The number of aromatic nitrogens is 2. The Hall–Kier alpha value is -1.15. The first-order chi connectivity index (χ1) is 8.53. The number of nitrogens with zero attached hydrogens (tertiary/aromatic N) is 2. The third-order valence-corrected chi connectivity index (χ3v) is 3.46. The highest BCUT2D eigenvalue weighted by Crippen LogP contribution is 2.36. The Morgan fingerprint density at radius 2 is 1.53 bits per heavy atom. The highest BCUT2D eigenvalue weighted by atomic mass is 19.4. The molecule has 1 aromatic rings. The van der Waals surface area contributed by atoms with Gasteiger partial charge in [-0.25, -0.2) is 4.98 Å². The van der Waals surface area contributed by atoms with Gasteiger partial charge in [-0.3, -0.25) is 4.98 Å². The van der Waals surface area contributed by atoms with E-state index in [1.807, 2.05) is 27.7 Å². The summed E-state index contributed by atoms with van der Waals surface area (Å²) in [5, 5.41) is 0. The SMILES string of the molecule is CC1(C)OB(c2cnc(C(F)(F)F)cn2)OC1(C)C. The van der Waals surface area contributed by atoms with Crippen LogP contribution in [0.3, 0.4) is 0 Å². The van der Waals surface area contributed by atoms with Gasteiger partial charge in [0.15, 0.2) is 5.69 Å². The molecule has 1 saturated heterocycles. The van der Waals surface area contributed by atoms with Crippen LogP contribution in [-0.2, 0) is 15.5 Å². The summed E-state index contributed by atoms with van der Waals surface area (Å²) < 4.78 is 48.5. The van der Waals surface area contributed by atoms with E-state index >= 15 is 0 Å². The van der Waals surface area contributed by atoms with E-state index in [-0.39, 0.29) is 5.59 Å². The molecular weight excluding hydrogens is 260 g/mol. The average Bonchev–Trinajstić information content (AvgIpc) is 2.47. The van der Waals surface area contributed by atoms with Crippen molar-refractivity contribution in [1.29, 1.82) is 0 Å². The first kappa shape index (κ1) is 14.3. The Morgan fingerprint density at radius 1 is 1.00 bits per heavy atom. The summed E-state index contributed by atoms with van der Waals surface area (Å²) in [6.07, 6.45) is -2.78. The van der Waals surface area contributed by atoms with Gasteiger partial charge in [0, 0.05) is 6.20 Å². The second-order valence-electron chi connectivity index (χ2n) is 5.41. The van der Waals surface area contributed by atoms with Crippen molar-refractivity contribution in [2.45, 2.75) is 45.1 Å². The quantitative estimate of drug-likeness (QED) is 0.732. The molecule has 1 aliphatic heterocycles. The number of hydrogen-bond donors (Lipinski definition) is 0. The van der Waals surface area contributed by atoms with E-state index < -0.39 is 30.2 Å². The second kappa shape index (κ2) is 4.18. The maximum absolute atomic E-state index is 12.4. The molecule has 1 fully saturated rings. The average molecular weight is 274 g/mol. The minimum atomic E-state index is -4.50. The molecule has 0 aliphatic carbocycles. The van der Waals surface area contributed by atoms with Crippen molar-refractivity contribution in [3.05, 3.63) is 18.1 Å². The molecule has 0 atom stereocenters. The molecule has 19 heavy (non-hydrogen) atoms. The maximum Gasteiger partial charge on any atom is 0.516 e. The van der Waals surface area contributed by atoms with Crippen molar-refractivity contribution in [3.63, 3.8) is 0 Å². The highest BCUT2D eigenvalue weighted by Gasteiger charge is 2.52. The van der Waals surface area contributed by atoms with E-state index in [0.29, 0.717) is 6.20 Å². The van der Waals surface area contributed by atoms with Gasteiger partial charge in [-0.1, -0.05) is 0 Å². The van der Waals surface area contributed by atoms with E-state index in [1.165, 1.54) is 0 Å². The Kier molecular flexibility index (Phi) is 3.14. The Bertz CT molecular complexity index is 458. The van der Waals surface area contributed by atoms with Gasteiger partial charge in [0.2, 0.25) is 0 Å². The van der Waals surface area contributed by atoms with E-state index in [9.17, 15) is 13.2 Å². The lowest BCUT2D eigenvalue weighted by Gasteiger charge is -2.32. The number of hydrogen-bond acceptors (Lipinski definition) is 4. The van der Waals surface area contributed by atoms with E-state index in [0.717, 1.165) is 6.20 Å². The normalized spacial score (nSPS) is 21.7. The van der Waals surface area contributed by atoms with Crippen LogP contribution in [0.15, 0.2) is 12.4 Å². The van der Waals surface area contributed by atoms with Gasteiger partial charge in [0.25, 0.3) is 0 Å². The van der Waals surface area contributed by atoms with Gasteiger partial charge in [-0.15, -0.1) is 0 Å². The lowest BCUT2D eigenvalue weighted by molar-refractivity contribution is -0.141. The van der Waals surface area contributed by atoms with E-state index in [2.05, 4.69) is 9.97 Å². The zero-order valence-electron chi connectivity index (χ0n) is 11.1. The zero-order chi connectivity index (χ0) is 14.5. The monoisotopic (exact) mass is 274 g/mol. The molecule has 104 valence electrons. The number of halogens is 3. The van der Waals surface area contributed by atoms with Gasteiger partial charge in [-0.05, 0) is 27.7 Å². The molecule has 0 radical (unpaired) electrons. The van der Waals surface area contributed by atoms with Gasteiger partial charge in [0.05, 0.1) is 23.0 Å². The molecular formula is C11H14BF3N2O2. The predicted molar refractivity (Wildman–Crippen MR) is 62.8 cm³/mol. The van der Waals surface area contributed by atoms with E-state index in [1.54, 1.807) is 0 Å². The van der Waals surface area contributed by atoms with Crippen LogP contribution in [0.25, 0.3) is 0 Å². The van der Waals surface area contributed by atoms with Crippen LogP contribution in [0.2, 0.25) is 0 Å². The summed E-state index contributed by atoms with van der Waals surface area (Å²) in [6.45, 7) is 7.41. The van der Waals surface area contributed by atoms with Crippen LogP contribution in [0, 0.1) is 0 Å². The van der Waals surface area contributed by atoms with Crippen LogP contribution in [0.5, 0.6) is 0 Å².